The molecule has 1 amide bonds. The van der Waals surface area contributed by atoms with Crippen molar-refractivity contribution in [3.05, 3.63) is 48.0 Å². The number of anilines is 2. The van der Waals surface area contributed by atoms with Crippen LogP contribution in [0.3, 0.4) is 0 Å². The Bertz CT molecular complexity index is 1190. The maximum Gasteiger partial charge on any atom is 0.228 e. The number of carbonyl (C=O) groups excluding carboxylic acids is 1. The molecule has 1 saturated carbocycles. The van der Waals surface area contributed by atoms with Crippen molar-refractivity contribution >= 4 is 28.6 Å². The van der Waals surface area contributed by atoms with Gasteiger partial charge in [0.15, 0.2) is 11.5 Å². The number of fused-ring (bicyclic) bond motifs is 1. The van der Waals surface area contributed by atoms with Crippen molar-refractivity contribution in [3.8, 4) is 11.5 Å². The number of piperazine rings is 1. The van der Waals surface area contributed by atoms with Gasteiger partial charge in [-0.05, 0) is 36.8 Å². The maximum absolute atomic E-state index is 13.4. The summed E-state index contributed by atoms with van der Waals surface area (Å²) in [6.07, 6.45) is 4.20. The topological polar surface area (TPSA) is 93.8 Å². The van der Waals surface area contributed by atoms with E-state index in [-0.39, 0.29) is 5.92 Å². The van der Waals surface area contributed by atoms with Gasteiger partial charge in [-0.25, -0.2) is 4.98 Å². The number of hydrogen-bond donors (Lipinski definition) is 1. The lowest BCUT2D eigenvalue weighted by atomic mass is 9.77. The number of nitrogens with two attached hydrogens (primary N) is 1. The summed E-state index contributed by atoms with van der Waals surface area (Å²) in [5.41, 5.74) is 8.34. The highest BCUT2D eigenvalue weighted by molar-refractivity contribution is 5.91. The molecule has 0 bridgehead atoms. The van der Waals surface area contributed by atoms with E-state index < -0.39 is 0 Å². The number of amides is 1. The molecule has 1 saturated heterocycles. The van der Waals surface area contributed by atoms with Crippen LogP contribution in [-0.4, -0.2) is 61.2 Å². The molecule has 1 aliphatic heterocycles. The zero-order chi connectivity index (χ0) is 24.4. The number of aromatic nitrogens is 2. The molecular weight excluding hydrogens is 442 g/mol. The second-order valence-corrected chi connectivity index (χ2v) is 9.42. The number of ether oxygens (including phenoxy) is 2. The van der Waals surface area contributed by atoms with Gasteiger partial charge in [0.1, 0.15) is 5.82 Å². The molecule has 2 aliphatic rings. The van der Waals surface area contributed by atoms with E-state index >= 15 is 0 Å². The average Bonchev–Trinajstić information content (AvgIpc) is 2.92. The van der Waals surface area contributed by atoms with E-state index in [1.54, 1.807) is 20.3 Å². The monoisotopic (exact) mass is 475 g/mol. The minimum Gasteiger partial charge on any atom is -0.493 e. The van der Waals surface area contributed by atoms with E-state index in [0.717, 1.165) is 24.6 Å². The first-order valence-electron chi connectivity index (χ1n) is 12.3. The normalized spacial score (nSPS) is 20.6. The fourth-order valence-corrected chi connectivity index (χ4v) is 5.44. The fourth-order valence-electron chi connectivity index (χ4n) is 5.44. The number of nitrogens with zero attached hydrogens (tertiary/aromatic N) is 4. The quantitative estimate of drug-likeness (QED) is 0.599. The predicted octanol–water partition coefficient (Wildman–Crippen LogP) is 3.85. The Morgan fingerprint density at radius 1 is 0.971 bits per heavy atom. The minimum atomic E-state index is 0.107. The zero-order valence-corrected chi connectivity index (χ0v) is 20.4. The zero-order valence-electron chi connectivity index (χ0n) is 20.4. The molecular formula is C27H33N5O3. The van der Waals surface area contributed by atoms with Gasteiger partial charge in [0.05, 0.1) is 19.7 Å². The van der Waals surface area contributed by atoms with Gasteiger partial charge < -0.3 is 25.0 Å². The van der Waals surface area contributed by atoms with E-state index in [9.17, 15) is 4.79 Å². The molecule has 184 valence electrons. The van der Waals surface area contributed by atoms with Gasteiger partial charge in [0.25, 0.3) is 0 Å². The lowest BCUT2D eigenvalue weighted by Gasteiger charge is -2.38. The van der Waals surface area contributed by atoms with Crippen LogP contribution in [0.1, 0.15) is 37.2 Å². The Balaban J connectivity index is 1.25. The summed E-state index contributed by atoms with van der Waals surface area (Å²) in [6, 6.07) is 14.2. The Labute approximate surface area is 206 Å². The van der Waals surface area contributed by atoms with Crippen molar-refractivity contribution in [2.24, 2.45) is 5.92 Å². The molecule has 2 unspecified atom stereocenters. The average molecular weight is 476 g/mol. The molecule has 8 heteroatoms. The van der Waals surface area contributed by atoms with E-state index in [1.807, 2.05) is 11.0 Å². The predicted molar refractivity (Wildman–Crippen MR) is 137 cm³/mol. The van der Waals surface area contributed by atoms with Crippen LogP contribution in [0.5, 0.6) is 11.5 Å². The Kier molecular flexibility index (Phi) is 6.61. The number of rotatable bonds is 5. The molecule has 2 atom stereocenters. The summed E-state index contributed by atoms with van der Waals surface area (Å²) in [6.45, 7) is 2.69. The van der Waals surface area contributed by atoms with Crippen molar-refractivity contribution in [2.75, 3.05) is 51.0 Å². The first-order valence-corrected chi connectivity index (χ1v) is 12.3. The smallest absolute Gasteiger partial charge is 0.228 e. The molecule has 5 rings (SSSR count). The summed E-state index contributed by atoms with van der Waals surface area (Å²) in [5.74, 6) is 3.05. The molecule has 2 fully saturated rings. The molecule has 1 aliphatic carbocycles. The van der Waals surface area contributed by atoms with Crippen LogP contribution in [0.15, 0.2) is 42.5 Å². The number of benzene rings is 2. The van der Waals surface area contributed by atoms with Crippen molar-refractivity contribution in [1.82, 2.24) is 14.9 Å². The second-order valence-electron chi connectivity index (χ2n) is 9.42. The van der Waals surface area contributed by atoms with Crippen molar-refractivity contribution in [3.63, 3.8) is 0 Å². The summed E-state index contributed by atoms with van der Waals surface area (Å²) in [5, 5.41) is 0.727. The first kappa shape index (κ1) is 23.2. The fraction of sp³-hybridized carbons (Fsp3) is 0.444. The van der Waals surface area contributed by atoms with Crippen molar-refractivity contribution < 1.29 is 14.3 Å². The van der Waals surface area contributed by atoms with Crippen LogP contribution in [0.2, 0.25) is 0 Å². The largest absolute Gasteiger partial charge is 0.493 e. The van der Waals surface area contributed by atoms with E-state index in [4.69, 9.17) is 20.2 Å². The summed E-state index contributed by atoms with van der Waals surface area (Å²) >= 11 is 0. The number of methoxy groups -OCH3 is 2. The molecule has 2 heterocycles. The molecule has 8 nitrogen and oxygen atoms in total. The Morgan fingerprint density at radius 2 is 1.69 bits per heavy atom. The minimum absolute atomic E-state index is 0.107. The summed E-state index contributed by atoms with van der Waals surface area (Å²) in [4.78, 5) is 26.8. The third-order valence-electron chi connectivity index (χ3n) is 7.39. The molecule has 35 heavy (non-hydrogen) atoms. The lowest BCUT2D eigenvalue weighted by Crippen LogP contribution is -2.51. The highest BCUT2D eigenvalue weighted by Crippen LogP contribution is 2.37. The van der Waals surface area contributed by atoms with Crippen LogP contribution in [0.4, 0.5) is 11.8 Å². The van der Waals surface area contributed by atoms with Crippen LogP contribution < -0.4 is 20.1 Å². The highest BCUT2D eigenvalue weighted by Gasteiger charge is 2.32. The van der Waals surface area contributed by atoms with Crippen LogP contribution in [0.25, 0.3) is 10.9 Å². The molecule has 0 radical (unpaired) electrons. The van der Waals surface area contributed by atoms with Crippen molar-refractivity contribution in [2.45, 2.75) is 31.6 Å². The SMILES string of the molecule is COc1cc2nc(N3CCN(C(=O)C4CCCC(c5ccccc5)C4)CC3)nc(N)c2cc1OC. The maximum atomic E-state index is 13.4. The third-order valence-corrected chi connectivity index (χ3v) is 7.39. The molecule has 1 aromatic heterocycles. The van der Waals surface area contributed by atoms with E-state index in [0.29, 0.717) is 66.8 Å². The second kappa shape index (κ2) is 9.98. The highest BCUT2D eigenvalue weighted by atomic mass is 16.5. The van der Waals surface area contributed by atoms with Crippen molar-refractivity contribution in [1.29, 1.82) is 0 Å². The van der Waals surface area contributed by atoms with Gasteiger partial charge in [0.2, 0.25) is 11.9 Å². The van der Waals surface area contributed by atoms with Gasteiger partial charge in [-0.15, -0.1) is 0 Å². The lowest BCUT2D eigenvalue weighted by molar-refractivity contribution is -0.137. The van der Waals surface area contributed by atoms with E-state index in [1.165, 1.54) is 12.0 Å². The molecule has 0 spiro atoms. The molecule has 3 aromatic rings. The molecule has 2 aromatic carbocycles. The van der Waals surface area contributed by atoms with Crippen LogP contribution >= 0.6 is 0 Å². The van der Waals surface area contributed by atoms with Gasteiger partial charge in [-0.2, -0.15) is 4.98 Å². The number of carbonyl (C=O) groups is 1. The van der Waals surface area contributed by atoms with Gasteiger partial charge in [-0.1, -0.05) is 36.8 Å². The van der Waals surface area contributed by atoms with Gasteiger partial charge in [-0.3, -0.25) is 4.79 Å². The van der Waals surface area contributed by atoms with Crippen LogP contribution in [-0.2, 0) is 4.79 Å². The third kappa shape index (κ3) is 4.70. The van der Waals surface area contributed by atoms with Crippen LogP contribution in [0, 0.1) is 5.92 Å². The first-order chi connectivity index (χ1) is 17.1. The standard InChI is InChI=1S/C27H33N5O3/c1-34-23-16-21-22(17-24(23)35-2)29-27(30-25(21)28)32-13-11-31(12-14-32)26(33)20-10-6-9-19(15-20)18-7-4-3-5-8-18/h3-5,7-8,16-17,19-20H,6,9-15H2,1-2H3,(H2,28,29,30). The number of nitrogen functional groups attached to an aromatic ring is 1. The van der Waals surface area contributed by atoms with Gasteiger partial charge in [0, 0.05) is 43.5 Å². The Morgan fingerprint density at radius 3 is 2.40 bits per heavy atom. The number of hydrogen-bond acceptors (Lipinski definition) is 7. The molecule has 2 N–H and O–H groups in total. The summed E-state index contributed by atoms with van der Waals surface area (Å²) < 4.78 is 10.8. The Hall–Kier alpha value is -3.55. The summed E-state index contributed by atoms with van der Waals surface area (Å²) in [7, 11) is 3.19. The van der Waals surface area contributed by atoms with E-state index in [2.05, 4.69) is 40.2 Å². The van der Waals surface area contributed by atoms with Gasteiger partial charge >= 0.3 is 0 Å².